The van der Waals surface area contributed by atoms with Crippen molar-refractivity contribution in [3.05, 3.63) is 0 Å². The quantitative estimate of drug-likeness (QED) is 0.412. The van der Waals surface area contributed by atoms with E-state index in [1.807, 2.05) is 18.8 Å². The lowest BCUT2D eigenvalue weighted by Gasteiger charge is -2.10. The van der Waals surface area contributed by atoms with E-state index in [2.05, 4.69) is 28.8 Å². The number of aliphatic imine (C=N–C) groups is 1. The standard InChI is InChI=1S/C10H21N3S/c1-8-7-9(8)13-10(11-2)12-5-4-6-14-3/h8-9H,4-7H2,1-3H3,(H2,11,12,13). The van der Waals surface area contributed by atoms with Crippen LogP contribution in [-0.2, 0) is 0 Å². The van der Waals surface area contributed by atoms with Crippen LogP contribution < -0.4 is 10.6 Å². The Labute approximate surface area is 91.1 Å². The maximum absolute atomic E-state index is 4.19. The SMILES string of the molecule is CN=C(NCCCSC)NC1CC1C. The summed E-state index contributed by atoms with van der Waals surface area (Å²) in [6.45, 7) is 3.28. The van der Waals surface area contributed by atoms with Crippen molar-refractivity contribution in [1.29, 1.82) is 0 Å². The van der Waals surface area contributed by atoms with Crippen LogP contribution in [0.25, 0.3) is 0 Å². The van der Waals surface area contributed by atoms with Crippen molar-refractivity contribution in [2.24, 2.45) is 10.9 Å². The third kappa shape index (κ3) is 4.22. The lowest BCUT2D eigenvalue weighted by Crippen LogP contribution is -2.39. The molecule has 82 valence electrons. The van der Waals surface area contributed by atoms with Crippen LogP contribution in [0, 0.1) is 5.92 Å². The monoisotopic (exact) mass is 215 g/mol. The molecule has 1 rings (SSSR count). The van der Waals surface area contributed by atoms with Gasteiger partial charge in [-0.05, 0) is 30.8 Å². The minimum atomic E-state index is 0.654. The number of thioether (sulfide) groups is 1. The fourth-order valence-electron chi connectivity index (χ4n) is 1.32. The molecule has 14 heavy (non-hydrogen) atoms. The molecule has 4 heteroatoms. The predicted octanol–water partition coefficient (Wildman–Crippen LogP) is 1.31. The molecule has 0 heterocycles. The number of rotatable bonds is 5. The smallest absolute Gasteiger partial charge is 0.191 e. The molecule has 0 aliphatic heterocycles. The molecule has 0 bridgehead atoms. The van der Waals surface area contributed by atoms with Crippen LogP contribution in [-0.4, -0.2) is 37.6 Å². The molecular weight excluding hydrogens is 194 g/mol. The number of hydrogen-bond acceptors (Lipinski definition) is 2. The van der Waals surface area contributed by atoms with E-state index in [0.29, 0.717) is 6.04 Å². The van der Waals surface area contributed by atoms with Gasteiger partial charge in [-0.15, -0.1) is 0 Å². The molecule has 1 aliphatic rings. The maximum Gasteiger partial charge on any atom is 0.191 e. The van der Waals surface area contributed by atoms with Gasteiger partial charge >= 0.3 is 0 Å². The van der Waals surface area contributed by atoms with Crippen molar-refractivity contribution < 1.29 is 0 Å². The maximum atomic E-state index is 4.19. The summed E-state index contributed by atoms with van der Waals surface area (Å²) in [6.07, 6.45) is 4.62. The van der Waals surface area contributed by atoms with Crippen LogP contribution in [0.1, 0.15) is 19.8 Å². The highest BCUT2D eigenvalue weighted by Gasteiger charge is 2.32. The van der Waals surface area contributed by atoms with Crippen molar-refractivity contribution >= 4 is 17.7 Å². The van der Waals surface area contributed by atoms with Gasteiger partial charge in [0.15, 0.2) is 5.96 Å². The molecule has 1 aliphatic carbocycles. The van der Waals surface area contributed by atoms with Crippen molar-refractivity contribution in [2.45, 2.75) is 25.8 Å². The van der Waals surface area contributed by atoms with Gasteiger partial charge in [0.25, 0.3) is 0 Å². The van der Waals surface area contributed by atoms with Crippen LogP contribution >= 0.6 is 11.8 Å². The van der Waals surface area contributed by atoms with Gasteiger partial charge in [0.1, 0.15) is 0 Å². The minimum absolute atomic E-state index is 0.654. The Hall–Kier alpha value is -0.380. The van der Waals surface area contributed by atoms with Gasteiger partial charge in [0, 0.05) is 19.6 Å². The zero-order valence-corrected chi connectivity index (χ0v) is 10.2. The largest absolute Gasteiger partial charge is 0.356 e. The summed E-state index contributed by atoms with van der Waals surface area (Å²) in [5, 5.41) is 6.72. The lowest BCUT2D eigenvalue weighted by molar-refractivity contribution is 0.753. The van der Waals surface area contributed by atoms with Gasteiger partial charge in [0.2, 0.25) is 0 Å². The van der Waals surface area contributed by atoms with Gasteiger partial charge < -0.3 is 10.6 Å². The highest BCUT2D eigenvalue weighted by Crippen LogP contribution is 2.28. The number of hydrogen-bond donors (Lipinski definition) is 2. The van der Waals surface area contributed by atoms with Crippen molar-refractivity contribution in [3.8, 4) is 0 Å². The van der Waals surface area contributed by atoms with E-state index in [4.69, 9.17) is 0 Å². The van der Waals surface area contributed by atoms with E-state index in [9.17, 15) is 0 Å². The average Bonchev–Trinajstić information content (AvgIpc) is 2.87. The van der Waals surface area contributed by atoms with E-state index in [1.54, 1.807) is 0 Å². The van der Waals surface area contributed by atoms with Crippen LogP contribution in [0.5, 0.6) is 0 Å². The highest BCUT2D eigenvalue weighted by molar-refractivity contribution is 7.98. The lowest BCUT2D eigenvalue weighted by atomic mass is 10.4. The van der Waals surface area contributed by atoms with E-state index < -0.39 is 0 Å². The first kappa shape index (κ1) is 11.7. The second-order valence-electron chi connectivity index (χ2n) is 3.81. The first-order chi connectivity index (χ1) is 6.77. The minimum Gasteiger partial charge on any atom is -0.356 e. The Kier molecular flexibility index (Phi) is 5.15. The van der Waals surface area contributed by atoms with Crippen LogP contribution in [0.4, 0.5) is 0 Å². The van der Waals surface area contributed by atoms with Gasteiger partial charge in [-0.25, -0.2) is 0 Å². The zero-order valence-electron chi connectivity index (χ0n) is 9.34. The predicted molar refractivity (Wildman–Crippen MR) is 65.1 cm³/mol. The summed E-state index contributed by atoms with van der Waals surface area (Å²) in [6, 6.07) is 0.654. The summed E-state index contributed by atoms with van der Waals surface area (Å²) in [5.41, 5.74) is 0. The van der Waals surface area contributed by atoms with Crippen molar-refractivity contribution in [3.63, 3.8) is 0 Å². The second-order valence-corrected chi connectivity index (χ2v) is 4.79. The topological polar surface area (TPSA) is 36.4 Å². The molecule has 0 saturated heterocycles. The first-order valence-corrected chi connectivity index (χ1v) is 6.63. The summed E-state index contributed by atoms with van der Waals surface area (Å²) in [7, 11) is 1.83. The second kappa shape index (κ2) is 6.17. The Morgan fingerprint density at radius 1 is 1.57 bits per heavy atom. The molecule has 0 aromatic heterocycles. The van der Waals surface area contributed by atoms with Crippen LogP contribution in [0.15, 0.2) is 4.99 Å². The zero-order chi connectivity index (χ0) is 10.4. The Balaban J connectivity index is 2.07. The van der Waals surface area contributed by atoms with Crippen LogP contribution in [0.2, 0.25) is 0 Å². The summed E-state index contributed by atoms with van der Waals surface area (Å²) < 4.78 is 0. The Morgan fingerprint density at radius 3 is 2.79 bits per heavy atom. The summed E-state index contributed by atoms with van der Waals surface area (Å²) in [4.78, 5) is 4.19. The molecule has 2 atom stereocenters. The van der Waals surface area contributed by atoms with E-state index in [1.165, 1.54) is 18.6 Å². The van der Waals surface area contributed by atoms with Gasteiger partial charge in [0.05, 0.1) is 0 Å². The molecule has 2 unspecified atom stereocenters. The molecule has 0 amide bonds. The molecule has 2 N–H and O–H groups in total. The third-order valence-corrected chi connectivity index (χ3v) is 3.17. The fourth-order valence-corrected chi connectivity index (χ4v) is 1.75. The first-order valence-electron chi connectivity index (χ1n) is 5.24. The molecule has 0 spiro atoms. The molecule has 3 nitrogen and oxygen atoms in total. The van der Waals surface area contributed by atoms with E-state index >= 15 is 0 Å². The van der Waals surface area contributed by atoms with Gasteiger partial charge in [-0.1, -0.05) is 6.92 Å². The van der Waals surface area contributed by atoms with Gasteiger partial charge in [-0.3, -0.25) is 4.99 Å². The molecule has 0 radical (unpaired) electrons. The van der Waals surface area contributed by atoms with E-state index in [0.717, 1.165) is 18.4 Å². The Bertz CT molecular complexity index is 194. The van der Waals surface area contributed by atoms with Gasteiger partial charge in [-0.2, -0.15) is 11.8 Å². The fraction of sp³-hybridized carbons (Fsp3) is 0.900. The molecule has 0 aromatic carbocycles. The van der Waals surface area contributed by atoms with E-state index in [-0.39, 0.29) is 0 Å². The molecular formula is C10H21N3S. The Morgan fingerprint density at radius 2 is 2.29 bits per heavy atom. The van der Waals surface area contributed by atoms with Crippen LogP contribution in [0.3, 0.4) is 0 Å². The third-order valence-electron chi connectivity index (χ3n) is 2.47. The summed E-state index contributed by atoms with van der Waals surface area (Å²) >= 11 is 1.89. The average molecular weight is 215 g/mol. The van der Waals surface area contributed by atoms with Crippen molar-refractivity contribution in [2.75, 3.05) is 25.6 Å². The highest BCUT2D eigenvalue weighted by atomic mass is 32.2. The molecule has 1 fully saturated rings. The summed E-state index contributed by atoms with van der Waals surface area (Å²) in [5.74, 6) is 2.99. The number of nitrogens with one attached hydrogen (secondary N) is 2. The molecule has 1 saturated carbocycles. The molecule has 0 aromatic rings. The van der Waals surface area contributed by atoms with Crippen molar-refractivity contribution in [1.82, 2.24) is 10.6 Å². The normalized spacial score (nSPS) is 26.1. The number of nitrogens with zero attached hydrogens (tertiary/aromatic N) is 1. The number of guanidine groups is 1.